The van der Waals surface area contributed by atoms with Crippen molar-refractivity contribution in [2.75, 3.05) is 39.3 Å². The van der Waals surface area contributed by atoms with E-state index in [4.69, 9.17) is 0 Å². The number of carbonyl (C=O) groups is 1. The number of nitrogens with zero attached hydrogens (tertiary/aromatic N) is 2. The second-order valence-corrected chi connectivity index (χ2v) is 10.2. The highest BCUT2D eigenvalue weighted by molar-refractivity contribution is 7.89. The molecule has 0 aliphatic carbocycles. The van der Waals surface area contributed by atoms with Crippen LogP contribution < -0.4 is 4.90 Å². The van der Waals surface area contributed by atoms with Gasteiger partial charge in [0.15, 0.2) is 6.54 Å². The summed E-state index contributed by atoms with van der Waals surface area (Å²) in [7, 11) is -3.47. The minimum absolute atomic E-state index is 0.229. The van der Waals surface area contributed by atoms with Crippen molar-refractivity contribution in [3.8, 4) is 0 Å². The molecular weight excluding hydrogens is 374 g/mol. The Morgan fingerprint density at radius 2 is 1.86 bits per heavy atom. The molecule has 2 fully saturated rings. The molecule has 1 unspecified atom stereocenters. The van der Waals surface area contributed by atoms with Gasteiger partial charge in [0, 0.05) is 12.6 Å². The van der Waals surface area contributed by atoms with Crippen LogP contribution in [0.2, 0.25) is 0 Å². The molecule has 2 saturated heterocycles. The topological polar surface area (TPSA) is 62.1 Å². The number of likely N-dealkylation sites (tertiary alicyclic amines) is 1. The van der Waals surface area contributed by atoms with Crippen LogP contribution in [0, 0.1) is 13.8 Å². The Morgan fingerprint density at radius 1 is 1.14 bits per heavy atom. The third kappa shape index (κ3) is 4.58. The first-order valence-corrected chi connectivity index (χ1v) is 12.0. The number of benzene rings is 1. The van der Waals surface area contributed by atoms with E-state index in [1.165, 1.54) is 11.3 Å². The highest BCUT2D eigenvalue weighted by Crippen LogP contribution is 2.21. The van der Waals surface area contributed by atoms with Crippen LogP contribution in [0.15, 0.2) is 23.1 Å². The van der Waals surface area contributed by atoms with Crippen LogP contribution in [-0.4, -0.2) is 68.8 Å². The summed E-state index contributed by atoms with van der Waals surface area (Å²) in [5.74, 6) is 0.229. The van der Waals surface area contributed by atoms with E-state index in [-0.39, 0.29) is 5.91 Å². The molecule has 1 aromatic carbocycles. The van der Waals surface area contributed by atoms with E-state index in [1.807, 2.05) is 26.0 Å². The van der Waals surface area contributed by atoms with Crippen LogP contribution in [0.4, 0.5) is 0 Å². The largest absolute Gasteiger partial charge is 0.335 e. The standard InChI is InChI=1S/C21H33N3O3S/c1-4-19-7-5-6-10-24(19)21(25)16-22-11-13-23(14-12-22)28(26,27)20-9-8-17(2)15-18(20)3/h8-9,15,19H,4-7,10-14,16H2,1-3H3/p+1. The summed E-state index contributed by atoms with van der Waals surface area (Å²) in [6.45, 7) is 9.62. The first-order chi connectivity index (χ1) is 13.3. The summed E-state index contributed by atoms with van der Waals surface area (Å²) in [6.07, 6.45) is 4.44. The summed E-state index contributed by atoms with van der Waals surface area (Å²) in [5.41, 5.74) is 1.85. The maximum Gasteiger partial charge on any atom is 0.278 e. The molecule has 7 heteroatoms. The lowest BCUT2D eigenvalue weighted by Gasteiger charge is -2.37. The van der Waals surface area contributed by atoms with Gasteiger partial charge in [-0.25, -0.2) is 8.42 Å². The number of quaternary nitrogens is 1. The summed E-state index contributed by atoms with van der Waals surface area (Å²) in [6, 6.07) is 5.86. The fourth-order valence-corrected chi connectivity index (χ4v) is 6.16. The van der Waals surface area contributed by atoms with Crippen molar-refractivity contribution in [1.29, 1.82) is 0 Å². The van der Waals surface area contributed by atoms with Gasteiger partial charge in [-0.15, -0.1) is 0 Å². The van der Waals surface area contributed by atoms with Gasteiger partial charge in [0.1, 0.15) is 0 Å². The quantitative estimate of drug-likeness (QED) is 0.790. The third-order valence-corrected chi connectivity index (χ3v) is 8.26. The number of nitrogens with one attached hydrogen (secondary N) is 1. The molecule has 2 heterocycles. The molecule has 3 rings (SSSR count). The van der Waals surface area contributed by atoms with E-state index in [2.05, 4.69) is 11.8 Å². The monoisotopic (exact) mass is 408 g/mol. The van der Waals surface area contributed by atoms with Crippen molar-refractivity contribution in [3.63, 3.8) is 0 Å². The molecule has 28 heavy (non-hydrogen) atoms. The fraction of sp³-hybridized carbons (Fsp3) is 0.667. The number of piperazine rings is 1. The molecule has 0 saturated carbocycles. The molecule has 0 radical (unpaired) electrons. The van der Waals surface area contributed by atoms with Crippen molar-refractivity contribution in [3.05, 3.63) is 29.3 Å². The third-order valence-electron chi connectivity index (χ3n) is 6.20. The fourth-order valence-electron chi connectivity index (χ4n) is 4.52. The summed E-state index contributed by atoms with van der Waals surface area (Å²) in [5, 5.41) is 0. The number of sulfonamides is 1. The molecule has 0 spiro atoms. The summed E-state index contributed by atoms with van der Waals surface area (Å²) >= 11 is 0. The van der Waals surface area contributed by atoms with Crippen molar-refractivity contribution in [2.24, 2.45) is 0 Å². The molecule has 0 bridgehead atoms. The molecule has 2 aliphatic rings. The Labute approximate surface area is 169 Å². The van der Waals surface area contributed by atoms with Gasteiger partial charge in [-0.2, -0.15) is 4.31 Å². The number of carbonyl (C=O) groups excluding carboxylic acids is 1. The number of piperidine rings is 1. The highest BCUT2D eigenvalue weighted by atomic mass is 32.2. The molecule has 1 aromatic rings. The zero-order valence-corrected chi connectivity index (χ0v) is 18.2. The number of amides is 1. The van der Waals surface area contributed by atoms with E-state index < -0.39 is 10.0 Å². The van der Waals surface area contributed by atoms with E-state index >= 15 is 0 Å². The van der Waals surface area contributed by atoms with E-state index in [9.17, 15) is 13.2 Å². The maximum absolute atomic E-state index is 13.0. The van der Waals surface area contributed by atoms with Gasteiger partial charge in [0.25, 0.3) is 5.91 Å². The molecule has 156 valence electrons. The number of hydrogen-bond donors (Lipinski definition) is 1. The SMILES string of the molecule is CCC1CCCCN1C(=O)C[NH+]1CCN(S(=O)(=O)c2ccc(C)cc2C)CC1. The molecule has 2 aliphatic heterocycles. The number of aryl methyl sites for hydroxylation is 2. The van der Waals surface area contributed by atoms with Crippen LogP contribution in [0.25, 0.3) is 0 Å². The summed E-state index contributed by atoms with van der Waals surface area (Å²) < 4.78 is 27.6. The lowest BCUT2D eigenvalue weighted by atomic mass is 10.00. The van der Waals surface area contributed by atoms with Crippen molar-refractivity contribution >= 4 is 15.9 Å². The zero-order chi connectivity index (χ0) is 20.3. The second kappa shape index (κ2) is 8.93. The van der Waals surface area contributed by atoms with Crippen molar-refractivity contribution < 1.29 is 18.1 Å². The minimum atomic E-state index is -3.47. The van der Waals surface area contributed by atoms with Gasteiger partial charge in [-0.1, -0.05) is 24.6 Å². The molecule has 1 N–H and O–H groups in total. The molecule has 1 amide bonds. The Balaban J connectivity index is 1.59. The van der Waals surface area contributed by atoms with Gasteiger partial charge >= 0.3 is 0 Å². The van der Waals surface area contributed by atoms with Gasteiger partial charge in [-0.05, 0) is 51.2 Å². The van der Waals surface area contributed by atoms with Gasteiger partial charge in [0.2, 0.25) is 10.0 Å². The lowest BCUT2D eigenvalue weighted by molar-refractivity contribution is -0.896. The number of hydrogen-bond acceptors (Lipinski definition) is 3. The highest BCUT2D eigenvalue weighted by Gasteiger charge is 2.34. The van der Waals surface area contributed by atoms with E-state index in [0.29, 0.717) is 43.7 Å². The Bertz CT molecular complexity index is 801. The second-order valence-electron chi connectivity index (χ2n) is 8.24. The van der Waals surface area contributed by atoms with Crippen LogP contribution in [0.1, 0.15) is 43.7 Å². The van der Waals surface area contributed by atoms with Gasteiger partial charge in [0.05, 0.1) is 31.1 Å². The van der Waals surface area contributed by atoms with E-state index in [1.54, 1.807) is 10.4 Å². The minimum Gasteiger partial charge on any atom is -0.335 e. The average molecular weight is 409 g/mol. The van der Waals surface area contributed by atoms with Gasteiger partial charge in [-0.3, -0.25) is 4.79 Å². The predicted octanol–water partition coefficient (Wildman–Crippen LogP) is 0.984. The zero-order valence-electron chi connectivity index (χ0n) is 17.4. The molecule has 0 aromatic heterocycles. The molecule has 6 nitrogen and oxygen atoms in total. The number of rotatable bonds is 5. The predicted molar refractivity (Wildman–Crippen MR) is 110 cm³/mol. The van der Waals surface area contributed by atoms with E-state index in [0.717, 1.165) is 36.9 Å². The molecule has 1 atom stereocenters. The normalized spacial score (nSPS) is 22.4. The van der Waals surface area contributed by atoms with Gasteiger partial charge < -0.3 is 9.80 Å². The van der Waals surface area contributed by atoms with Crippen LogP contribution in [0.5, 0.6) is 0 Å². The maximum atomic E-state index is 13.0. The summed E-state index contributed by atoms with van der Waals surface area (Å²) in [4.78, 5) is 16.4. The first kappa shape index (κ1) is 21.3. The van der Waals surface area contributed by atoms with Crippen LogP contribution in [0.3, 0.4) is 0 Å². The van der Waals surface area contributed by atoms with Crippen LogP contribution in [-0.2, 0) is 14.8 Å². The Hall–Kier alpha value is -1.44. The smallest absolute Gasteiger partial charge is 0.278 e. The Morgan fingerprint density at radius 3 is 2.50 bits per heavy atom. The molecular formula is C21H34N3O3S+. The van der Waals surface area contributed by atoms with Crippen molar-refractivity contribution in [2.45, 2.75) is 57.4 Å². The first-order valence-electron chi connectivity index (χ1n) is 10.5. The lowest BCUT2D eigenvalue weighted by Crippen LogP contribution is -3.15. The van der Waals surface area contributed by atoms with Crippen molar-refractivity contribution in [1.82, 2.24) is 9.21 Å². The average Bonchev–Trinajstić information content (AvgIpc) is 2.68. The Kier molecular flexibility index (Phi) is 6.78. The van der Waals surface area contributed by atoms with Crippen LogP contribution >= 0.6 is 0 Å².